The van der Waals surface area contributed by atoms with E-state index in [-0.39, 0.29) is 18.1 Å². The monoisotopic (exact) mass is 346 g/mol. The van der Waals surface area contributed by atoms with Gasteiger partial charge in [-0.15, -0.1) is 0 Å². The number of hydrogen-bond donors (Lipinski definition) is 1. The van der Waals surface area contributed by atoms with Crippen LogP contribution in [0.2, 0.25) is 5.02 Å². The molecule has 5 nitrogen and oxygen atoms in total. The Morgan fingerprint density at radius 3 is 3.04 bits per heavy atom. The number of rotatable bonds is 3. The smallest absolute Gasteiger partial charge is 0.318 e. The van der Waals surface area contributed by atoms with E-state index in [1.807, 2.05) is 56.2 Å². The third-order valence-corrected chi connectivity index (χ3v) is 5.14. The number of fused-ring (bicyclic) bond motifs is 1. The van der Waals surface area contributed by atoms with Crippen molar-refractivity contribution < 1.29 is 4.79 Å². The van der Waals surface area contributed by atoms with Gasteiger partial charge in [0.05, 0.1) is 18.3 Å². The van der Waals surface area contributed by atoms with Gasteiger partial charge in [-0.05, 0) is 43.9 Å². The van der Waals surface area contributed by atoms with E-state index >= 15 is 0 Å². The van der Waals surface area contributed by atoms with Gasteiger partial charge in [0, 0.05) is 30.4 Å². The van der Waals surface area contributed by atoms with Crippen molar-refractivity contribution in [3.05, 3.63) is 52.3 Å². The van der Waals surface area contributed by atoms with Crippen molar-refractivity contribution in [1.29, 1.82) is 0 Å². The third-order valence-electron chi connectivity index (χ3n) is 4.91. The van der Waals surface area contributed by atoms with E-state index in [1.54, 1.807) is 4.90 Å². The maximum atomic E-state index is 12.7. The fraction of sp³-hybridized carbons (Fsp3) is 0.444. The molecule has 1 aliphatic carbocycles. The van der Waals surface area contributed by atoms with Crippen LogP contribution < -0.4 is 5.32 Å². The van der Waals surface area contributed by atoms with Gasteiger partial charge in [-0.1, -0.05) is 23.7 Å². The standard InChI is InChI=1S/C18H23ClN4O/c1-12(13-6-4-7-14(19)10-13)22(2)18(24)21-16-8-5-9-17-15(16)11-20-23(17)3/h4,6-7,10-12,16H,5,8-9H2,1-3H3,(H,21,24). The molecular formula is C18H23ClN4O. The molecule has 1 heterocycles. The number of urea groups is 1. The van der Waals surface area contributed by atoms with E-state index in [9.17, 15) is 4.79 Å². The second kappa shape index (κ2) is 6.85. The van der Waals surface area contributed by atoms with Crippen molar-refractivity contribution >= 4 is 17.6 Å². The van der Waals surface area contributed by atoms with Gasteiger partial charge in [0.1, 0.15) is 0 Å². The molecule has 0 saturated heterocycles. The summed E-state index contributed by atoms with van der Waals surface area (Å²) in [5, 5.41) is 8.17. The normalized spacial score (nSPS) is 17.9. The first-order valence-corrected chi connectivity index (χ1v) is 8.64. The first-order chi connectivity index (χ1) is 11.5. The Bertz CT molecular complexity index is 742. The highest BCUT2D eigenvalue weighted by Gasteiger charge is 2.27. The molecule has 0 fully saturated rings. The highest BCUT2D eigenvalue weighted by Crippen LogP contribution is 2.30. The van der Waals surface area contributed by atoms with Gasteiger partial charge in [-0.2, -0.15) is 5.10 Å². The quantitative estimate of drug-likeness (QED) is 0.917. The van der Waals surface area contributed by atoms with Crippen LogP contribution in [-0.4, -0.2) is 27.8 Å². The minimum absolute atomic E-state index is 0.0314. The summed E-state index contributed by atoms with van der Waals surface area (Å²) in [5.41, 5.74) is 3.38. The lowest BCUT2D eigenvalue weighted by Gasteiger charge is -2.30. The van der Waals surface area contributed by atoms with E-state index in [0.717, 1.165) is 30.4 Å². The minimum atomic E-state index is -0.0795. The summed E-state index contributed by atoms with van der Waals surface area (Å²) in [4.78, 5) is 14.4. The highest BCUT2D eigenvalue weighted by molar-refractivity contribution is 6.30. The number of aromatic nitrogens is 2. The Balaban J connectivity index is 1.71. The number of amides is 2. The predicted octanol–water partition coefficient (Wildman–Crippen LogP) is 3.85. The summed E-state index contributed by atoms with van der Waals surface area (Å²) in [7, 11) is 3.77. The number of carbonyl (C=O) groups excluding carboxylic acids is 1. The third kappa shape index (κ3) is 3.26. The molecule has 0 saturated carbocycles. The molecule has 0 spiro atoms. The van der Waals surface area contributed by atoms with Crippen molar-refractivity contribution in [2.75, 3.05) is 7.05 Å². The summed E-state index contributed by atoms with van der Waals surface area (Å²) < 4.78 is 1.91. The number of hydrogen-bond acceptors (Lipinski definition) is 2. The molecule has 2 amide bonds. The summed E-state index contributed by atoms with van der Waals surface area (Å²) in [5.74, 6) is 0. The lowest BCUT2D eigenvalue weighted by Crippen LogP contribution is -2.41. The van der Waals surface area contributed by atoms with Gasteiger partial charge in [0.2, 0.25) is 0 Å². The van der Waals surface area contributed by atoms with Crippen molar-refractivity contribution in [2.24, 2.45) is 7.05 Å². The molecule has 2 unspecified atom stereocenters. The van der Waals surface area contributed by atoms with Crippen LogP contribution in [0.15, 0.2) is 30.5 Å². The van der Waals surface area contributed by atoms with Crippen molar-refractivity contribution in [2.45, 2.75) is 38.3 Å². The number of aryl methyl sites for hydroxylation is 1. The van der Waals surface area contributed by atoms with E-state index in [2.05, 4.69) is 10.4 Å². The molecule has 0 aliphatic heterocycles. The van der Waals surface area contributed by atoms with Crippen LogP contribution in [0.1, 0.15) is 48.7 Å². The Morgan fingerprint density at radius 1 is 1.50 bits per heavy atom. The molecule has 0 radical (unpaired) electrons. The molecule has 1 N–H and O–H groups in total. The Hall–Kier alpha value is -2.01. The molecule has 2 aromatic rings. The van der Waals surface area contributed by atoms with Crippen LogP contribution in [0.5, 0.6) is 0 Å². The largest absolute Gasteiger partial charge is 0.331 e. The van der Waals surface area contributed by atoms with Gasteiger partial charge in [0.15, 0.2) is 0 Å². The summed E-state index contributed by atoms with van der Waals surface area (Å²) in [6.45, 7) is 2.00. The van der Waals surface area contributed by atoms with Gasteiger partial charge < -0.3 is 10.2 Å². The predicted molar refractivity (Wildman–Crippen MR) is 95.0 cm³/mol. The zero-order valence-electron chi connectivity index (χ0n) is 14.3. The van der Waals surface area contributed by atoms with Crippen LogP contribution in [0.3, 0.4) is 0 Å². The second-order valence-corrected chi connectivity index (χ2v) is 6.84. The lowest BCUT2D eigenvalue weighted by molar-refractivity contribution is 0.189. The van der Waals surface area contributed by atoms with Crippen LogP contribution in [-0.2, 0) is 13.5 Å². The summed E-state index contributed by atoms with van der Waals surface area (Å²) in [6.07, 6.45) is 4.90. The van der Waals surface area contributed by atoms with Gasteiger partial charge >= 0.3 is 6.03 Å². The molecule has 3 rings (SSSR count). The van der Waals surface area contributed by atoms with Gasteiger partial charge in [-0.3, -0.25) is 4.68 Å². The van der Waals surface area contributed by atoms with Crippen LogP contribution >= 0.6 is 11.6 Å². The number of nitrogens with one attached hydrogen (secondary N) is 1. The first-order valence-electron chi connectivity index (χ1n) is 8.27. The summed E-state index contributed by atoms with van der Waals surface area (Å²) in [6, 6.07) is 7.52. The number of carbonyl (C=O) groups is 1. The molecule has 1 aliphatic rings. The Kier molecular flexibility index (Phi) is 4.81. The van der Waals surface area contributed by atoms with E-state index in [0.29, 0.717) is 5.02 Å². The molecule has 24 heavy (non-hydrogen) atoms. The minimum Gasteiger partial charge on any atom is -0.331 e. The van der Waals surface area contributed by atoms with Crippen molar-refractivity contribution in [1.82, 2.24) is 20.0 Å². The van der Waals surface area contributed by atoms with Crippen LogP contribution in [0.25, 0.3) is 0 Å². The second-order valence-electron chi connectivity index (χ2n) is 6.41. The lowest BCUT2D eigenvalue weighted by atomic mass is 9.93. The molecule has 0 bridgehead atoms. The van der Waals surface area contributed by atoms with Crippen LogP contribution in [0, 0.1) is 0 Å². The van der Waals surface area contributed by atoms with E-state index < -0.39 is 0 Å². The van der Waals surface area contributed by atoms with Gasteiger partial charge in [0.25, 0.3) is 0 Å². The van der Waals surface area contributed by atoms with E-state index in [1.165, 1.54) is 5.69 Å². The number of benzene rings is 1. The number of nitrogens with zero attached hydrogens (tertiary/aromatic N) is 3. The molecule has 1 aromatic carbocycles. The molecule has 128 valence electrons. The Morgan fingerprint density at radius 2 is 2.29 bits per heavy atom. The molecule has 1 aromatic heterocycles. The maximum absolute atomic E-state index is 12.7. The van der Waals surface area contributed by atoms with Gasteiger partial charge in [-0.25, -0.2) is 4.79 Å². The molecular weight excluding hydrogens is 324 g/mol. The number of halogens is 1. The SMILES string of the molecule is CC(c1cccc(Cl)c1)N(C)C(=O)NC1CCCc2c1cnn2C. The first kappa shape index (κ1) is 16.8. The topological polar surface area (TPSA) is 50.2 Å². The highest BCUT2D eigenvalue weighted by atomic mass is 35.5. The fourth-order valence-corrected chi connectivity index (χ4v) is 3.47. The molecule has 2 atom stereocenters. The Labute approximate surface area is 147 Å². The van der Waals surface area contributed by atoms with Crippen molar-refractivity contribution in [3.63, 3.8) is 0 Å². The average molecular weight is 347 g/mol. The summed E-state index contributed by atoms with van der Waals surface area (Å²) >= 11 is 6.06. The van der Waals surface area contributed by atoms with Crippen molar-refractivity contribution in [3.8, 4) is 0 Å². The zero-order chi connectivity index (χ0) is 17.3. The van der Waals surface area contributed by atoms with E-state index in [4.69, 9.17) is 11.6 Å². The zero-order valence-corrected chi connectivity index (χ0v) is 15.0. The maximum Gasteiger partial charge on any atom is 0.318 e. The average Bonchev–Trinajstić information content (AvgIpc) is 2.96. The molecule has 6 heteroatoms. The fourth-order valence-electron chi connectivity index (χ4n) is 3.27. The van der Waals surface area contributed by atoms with Crippen LogP contribution in [0.4, 0.5) is 4.79 Å².